The molecule has 3 rings (SSSR count). The predicted octanol–water partition coefficient (Wildman–Crippen LogP) is 6.94. The molecule has 0 amide bonds. The van der Waals surface area contributed by atoms with Crippen LogP contribution in [0.15, 0.2) is 59.5 Å². The van der Waals surface area contributed by atoms with Gasteiger partial charge in [0.05, 0.1) is 18.0 Å². The maximum absolute atomic E-state index is 12.3. The molecule has 0 unspecified atom stereocenters. The van der Waals surface area contributed by atoms with Crippen LogP contribution < -0.4 is 0 Å². The quantitative estimate of drug-likeness (QED) is 0.365. The van der Waals surface area contributed by atoms with Gasteiger partial charge in [0.1, 0.15) is 0 Å². The molecule has 2 aromatic carbocycles. The normalized spacial score (nSPS) is 19.6. The number of hydrogen-bond donors (Lipinski definition) is 0. The van der Waals surface area contributed by atoms with E-state index in [1.54, 1.807) is 0 Å². The van der Waals surface area contributed by atoms with Crippen LogP contribution in [0.25, 0.3) is 0 Å². The zero-order chi connectivity index (χ0) is 18.9. The van der Waals surface area contributed by atoms with E-state index >= 15 is 0 Å². The Morgan fingerprint density at radius 3 is 2.33 bits per heavy atom. The van der Waals surface area contributed by atoms with Crippen LogP contribution in [0.5, 0.6) is 0 Å². The van der Waals surface area contributed by atoms with Crippen LogP contribution in [-0.2, 0) is 15.4 Å². The van der Waals surface area contributed by atoms with Gasteiger partial charge in [-0.25, -0.2) is 0 Å². The first kappa shape index (κ1) is 20.0. The molecule has 0 bridgehead atoms. The van der Waals surface area contributed by atoms with E-state index in [0.717, 1.165) is 30.6 Å². The maximum Gasteiger partial charge on any atom is 0.321 e. The van der Waals surface area contributed by atoms with Gasteiger partial charge in [0.2, 0.25) is 0 Å². The van der Waals surface area contributed by atoms with Crippen molar-refractivity contribution in [3.05, 3.63) is 65.7 Å². The molecule has 27 heavy (non-hydrogen) atoms. The lowest BCUT2D eigenvalue weighted by Crippen LogP contribution is -2.21. The first-order chi connectivity index (χ1) is 13.3. The Morgan fingerprint density at radius 1 is 0.963 bits per heavy atom. The Hall–Kier alpha value is -1.74. The number of carbonyl (C=O) groups excluding carboxylic acids is 1. The highest BCUT2D eigenvalue weighted by atomic mass is 32.2. The van der Waals surface area contributed by atoms with Crippen molar-refractivity contribution in [1.29, 1.82) is 0 Å². The van der Waals surface area contributed by atoms with Gasteiger partial charge in [-0.05, 0) is 67.7 Å². The molecular weight excluding hydrogens is 352 g/mol. The molecule has 0 atom stereocenters. The second-order valence-electron chi connectivity index (χ2n) is 7.55. The van der Waals surface area contributed by atoms with Gasteiger partial charge < -0.3 is 4.18 Å². The highest BCUT2D eigenvalue weighted by Crippen LogP contribution is 2.37. The van der Waals surface area contributed by atoms with Crippen LogP contribution in [0.1, 0.15) is 68.9 Å². The number of hydrogen-bond acceptors (Lipinski definition) is 3. The van der Waals surface area contributed by atoms with E-state index in [4.69, 9.17) is 4.18 Å². The van der Waals surface area contributed by atoms with Gasteiger partial charge in [-0.2, -0.15) is 0 Å². The molecule has 0 N–H and O–H groups in total. The fraction of sp³-hybridized carbons (Fsp3) is 0.458. The van der Waals surface area contributed by atoms with Crippen LogP contribution in [0, 0.1) is 5.92 Å². The summed E-state index contributed by atoms with van der Waals surface area (Å²) in [4.78, 5) is 13.3. The molecule has 1 saturated carbocycles. The Labute approximate surface area is 167 Å². The van der Waals surface area contributed by atoms with E-state index < -0.39 is 0 Å². The Bertz CT molecular complexity index is 688. The average molecular weight is 383 g/mol. The maximum atomic E-state index is 12.3. The van der Waals surface area contributed by atoms with Crippen molar-refractivity contribution in [2.45, 2.75) is 69.1 Å². The molecule has 1 fully saturated rings. The Morgan fingerprint density at radius 2 is 1.67 bits per heavy atom. The van der Waals surface area contributed by atoms with Crippen LogP contribution >= 0.6 is 12.0 Å². The molecule has 1 aliphatic carbocycles. The summed E-state index contributed by atoms with van der Waals surface area (Å²) in [5.41, 5.74) is 2.88. The van der Waals surface area contributed by atoms with Crippen molar-refractivity contribution >= 4 is 18.0 Å². The lowest BCUT2D eigenvalue weighted by molar-refractivity contribution is -0.138. The summed E-state index contributed by atoms with van der Waals surface area (Å²) in [5.74, 6) is 0.569. The van der Waals surface area contributed by atoms with Gasteiger partial charge in [0.25, 0.3) is 0 Å². The SMILES string of the molecule is CCCCCc1ccc(C2CCC(C(=O)OSc3ccccc3)CC2)cc1. The summed E-state index contributed by atoms with van der Waals surface area (Å²) in [6.45, 7) is 2.25. The first-order valence-electron chi connectivity index (χ1n) is 10.3. The summed E-state index contributed by atoms with van der Waals surface area (Å²) in [6.07, 6.45) is 9.05. The molecule has 0 saturated heterocycles. The van der Waals surface area contributed by atoms with Crippen molar-refractivity contribution in [2.24, 2.45) is 5.92 Å². The molecular formula is C24H30O2S. The van der Waals surface area contributed by atoms with Gasteiger partial charge in [-0.15, -0.1) is 0 Å². The Kier molecular flexibility index (Phi) is 7.82. The number of benzene rings is 2. The van der Waals surface area contributed by atoms with E-state index in [9.17, 15) is 4.79 Å². The number of carbonyl (C=O) groups is 1. The van der Waals surface area contributed by atoms with Gasteiger partial charge in [0.15, 0.2) is 0 Å². The summed E-state index contributed by atoms with van der Waals surface area (Å²) < 4.78 is 5.45. The van der Waals surface area contributed by atoms with E-state index in [1.165, 1.54) is 48.9 Å². The predicted molar refractivity (Wildman–Crippen MR) is 113 cm³/mol. The van der Waals surface area contributed by atoms with Crippen molar-refractivity contribution in [2.75, 3.05) is 0 Å². The molecule has 0 radical (unpaired) electrons. The Balaban J connectivity index is 1.43. The zero-order valence-corrected chi connectivity index (χ0v) is 17.0. The highest BCUT2D eigenvalue weighted by Gasteiger charge is 2.28. The molecule has 0 aromatic heterocycles. The molecule has 0 spiro atoms. The monoisotopic (exact) mass is 382 g/mol. The second-order valence-corrected chi connectivity index (χ2v) is 8.35. The second kappa shape index (κ2) is 10.6. The lowest BCUT2D eigenvalue weighted by Gasteiger charge is -2.27. The molecule has 3 heteroatoms. The van der Waals surface area contributed by atoms with Gasteiger partial charge in [0, 0.05) is 4.90 Å². The zero-order valence-electron chi connectivity index (χ0n) is 16.2. The third kappa shape index (κ3) is 6.14. The minimum absolute atomic E-state index is 0.0470. The molecule has 2 aromatic rings. The van der Waals surface area contributed by atoms with E-state index in [2.05, 4.69) is 31.2 Å². The average Bonchev–Trinajstić information content (AvgIpc) is 2.74. The van der Waals surface area contributed by atoms with Crippen LogP contribution in [0.2, 0.25) is 0 Å². The number of aryl methyl sites for hydroxylation is 1. The van der Waals surface area contributed by atoms with Crippen molar-refractivity contribution < 1.29 is 8.98 Å². The smallest absolute Gasteiger partial charge is 0.321 e. The van der Waals surface area contributed by atoms with Crippen LogP contribution in [-0.4, -0.2) is 5.97 Å². The summed E-state index contributed by atoms with van der Waals surface area (Å²) in [7, 11) is 0. The summed E-state index contributed by atoms with van der Waals surface area (Å²) >= 11 is 1.18. The fourth-order valence-corrected chi connectivity index (χ4v) is 4.41. The van der Waals surface area contributed by atoms with E-state index in [-0.39, 0.29) is 11.9 Å². The molecule has 1 aliphatic rings. The summed E-state index contributed by atoms with van der Waals surface area (Å²) in [6, 6.07) is 19.0. The van der Waals surface area contributed by atoms with Gasteiger partial charge in [-0.3, -0.25) is 4.79 Å². The van der Waals surface area contributed by atoms with E-state index in [1.807, 2.05) is 30.3 Å². The third-order valence-corrected chi connectivity index (χ3v) is 6.26. The van der Waals surface area contributed by atoms with Gasteiger partial charge >= 0.3 is 5.97 Å². The number of rotatable bonds is 8. The number of unbranched alkanes of at least 4 members (excludes halogenated alkanes) is 2. The largest absolute Gasteiger partial charge is 0.386 e. The lowest BCUT2D eigenvalue weighted by atomic mass is 9.78. The topological polar surface area (TPSA) is 26.3 Å². The fourth-order valence-electron chi connectivity index (χ4n) is 3.83. The highest BCUT2D eigenvalue weighted by molar-refractivity contribution is 7.95. The van der Waals surface area contributed by atoms with Crippen LogP contribution in [0.4, 0.5) is 0 Å². The molecule has 2 nitrogen and oxygen atoms in total. The van der Waals surface area contributed by atoms with E-state index in [0.29, 0.717) is 5.92 Å². The molecule has 0 heterocycles. The minimum atomic E-state index is -0.0615. The van der Waals surface area contributed by atoms with Crippen molar-refractivity contribution in [3.8, 4) is 0 Å². The van der Waals surface area contributed by atoms with Crippen LogP contribution in [0.3, 0.4) is 0 Å². The summed E-state index contributed by atoms with van der Waals surface area (Å²) in [5, 5.41) is 0. The van der Waals surface area contributed by atoms with Gasteiger partial charge in [-0.1, -0.05) is 62.2 Å². The standard InChI is InChI=1S/C24H30O2S/c1-2-3-5-8-19-11-13-20(14-12-19)21-15-17-22(18-16-21)24(25)26-27-23-9-6-4-7-10-23/h4,6-7,9-14,21-22H,2-3,5,8,15-18H2,1H3. The van der Waals surface area contributed by atoms with Crippen molar-refractivity contribution in [1.82, 2.24) is 0 Å². The molecule has 0 aliphatic heterocycles. The van der Waals surface area contributed by atoms with Crippen molar-refractivity contribution in [3.63, 3.8) is 0 Å². The third-order valence-electron chi connectivity index (χ3n) is 5.54. The first-order valence-corrected chi connectivity index (χ1v) is 11.0. The minimum Gasteiger partial charge on any atom is -0.386 e. The molecule has 144 valence electrons.